The van der Waals surface area contributed by atoms with Gasteiger partial charge in [0.25, 0.3) is 11.8 Å². The molecule has 0 spiro atoms. The number of hydrogen-bond donors (Lipinski definition) is 2. The van der Waals surface area contributed by atoms with Crippen LogP contribution in [0.5, 0.6) is 5.75 Å². The quantitative estimate of drug-likeness (QED) is 0.186. The average molecular weight is 572 g/mol. The average Bonchev–Trinajstić information content (AvgIpc) is 3.23. The number of rotatable bonds is 10. The number of hydrogen-bond acceptors (Lipinski definition) is 6. The number of benzene rings is 3. The number of amides is 3. The summed E-state index contributed by atoms with van der Waals surface area (Å²) >= 11 is 6.64. The van der Waals surface area contributed by atoms with Crippen LogP contribution in [0, 0.1) is 0 Å². The van der Waals surface area contributed by atoms with Crippen molar-refractivity contribution < 1.29 is 19.1 Å². The summed E-state index contributed by atoms with van der Waals surface area (Å²) in [6.45, 7) is 2.68. The predicted molar refractivity (Wildman–Crippen MR) is 162 cm³/mol. The molecule has 3 amide bonds. The van der Waals surface area contributed by atoms with E-state index in [0.717, 1.165) is 16.7 Å². The Balaban J connectivity index is 1.18. The van der Waals surface area contributed by atoms with Crippen LogP contribution in [0.25, 0.3) is 6.08 Å². The van der Waals surface area contributed by atoms with Crippen molar-refractivity contribution in [2.75, 3.05) is 6.54 Å². The van der Waals surface area contributed by atoms with Gasteiger partial charge >= 0.3 is 0 Å². The fourth-order valence-corrected chi connectivity index (χ4v) is 5.21. The van der Waals surface area contributed by atoms with Crippen molar-refractivity contribution in [1.29, 1.82) is 0 Å². The number of carbonyl (C=O) groups is 3. The molecule has 7 nitrogen and oxygen atoms in total. The Morgan fingerprint density at radius 1 is 0.950 bits per heavy atom. The van der Waals surface area contributed by atoms with E-state index in [2.05, 4.69) is 10.9 Å². The summed E-state index contributed by atoms with van der Waals surface area (Å²) in [4.78, 5) is 39.6. The van der Waals surface area contributed by atoms with Crippen LogP contribution >= 0.6 is 24.0 Å². The third kappa shape index (κ3) is 8.39. The van der Waals surface area contributed by atoms with E-state index in [1.165, 1.54) is 16.7 Å². The first-order valence-corrected chi connectivity index (χ1v) is 14.0. The monoisotopic (exact) mass is 571 g/mol. The second-order valence-corrected chi connectivity index (χ2v) is 10.7. The van der Waals surface area contributed by atoms with Crippen molar-refractivity contribution in [2.45, 2.75) is 26.4 Å². The normalized spacial score (nSPS) is 14.4. The van der Waals surface area contributed by atoms with Crippen LogP contribution in [0.1, 0.15) is 41.3 Å². The van der Waals surface area contributed by atoms with Crippen LogP contribution in [0.3, 0.4) is 0 Å². The molecule has 1 fully saturated rings. The van der Waals surface area contributed by atoms with Crippen molar-refractivity contribution in [3.8, 4) is 5.75 Å². The van der Waals surface area contributed by atoms with E-state index in [4.69, 9.17) is 17.0 Å². The van der Waals surface area contributed by atoms with Crippen LogP contribution in [-0.4, -0.2) is 33.5 Å². The summed E-state index contributed by atoms with van der Waals surface area (Å²) in [6.07, 6.45) is 4.35. The first-order chi connectivity index (χ1) is 19.4. The number of hydrazine groups is 1. The highest BCUT2D eigenvalue weighted by molar-refractivity contribution is 8.26. The number of allylic oxidation sites excluding steroid dienone is 2. The summed E-state index contributed by atoms with van der Waals surface area (Å²) < 4.78 is 6.20. The van der Waals surface area contributed by atoms with Gasteiger partial charge in [-0.1, -0.05) is 90.7 Å². The first-order valence-electron chi connectivity index (χ1n) is 12.7. The van der Waals surface area contributed by atoms with Gasteiger partial charge in [-0.3, -0.25) is 30.1 Å². The summed E-state index contributed by atoms with van der Waals surface area (Å²) in [6, 6.07) is 26.3. The van der Waals surface area contributed by atoms with E-state index in [1.807, 2.05) is 79.7 Å². The van der Waals surface area contributed by atoms with Gasteiger partial charge in [0.1, 0.15) is 16.7 Å². The lowest BCUT2D eigenvalue weighted by Gasteiger charge is -2.14. The van der Waals surface area contributed by atoms with Crippen LogP contribution in [0.2, 0.25) is 0 Å². The largest absolute Gasteiger partial charge is 0.489 e. The van der Waals surface area contributed by atoms with Crippen LogP contribution in [0.15, 0.2) is 101 Å². The molecule has 9 heteroatoms. The molecular weight excluding hydrogens is 542 g/mol. The molecule has 40 heavy (non-hydrogen) atoms. The minimum Gasteiger partial charge on any atom is -0.489 e. The fourth-order valence-electron chi connectivity index (χ4n) is 3.86. The number of nitrogens with zero attached hydrogens (tertiary/aromatic N) is 1. The summed E-state index contributed by atoms with van der Waals surface area (Å²) in [5.74, 6) is -0.333. The summed E-state index contributed by atoms with van der Waals surface area (Å²) in [5.41, 5.74) is 8.25. The van der Waals surface area contributed by atoms with Crippen LogP contribution in [-0.2, 0) is 16.2 Å². The van der Waals surface area contributed by atoms with Crippen molar-refractivity contribution in [1.82, 2.24) is 15.8 Å². The van der Waals surface area contributed by atoms with Gasteiger partial charge in [-0.15, -0.1) is 0 Å². The Labute approximate surface area is 243 Å². The van der Waals surface area contributed by atoms with Crippen LogP contribution < -0.4 is 15.6 Å². The number of carbonyl (C=O) groups excluding carboxylic acids is 3. The maximum absolute atomic E-state index is 12.8. The lowest BCUT2D eigenvalue weighted by Crippen LogP contribution is -2.41. The number of ether oxygens (including phenoxy) is 1. The minimum atomic E-state index is -0.441. The number of nitrogens with one attached hydrogen (secondary N) is 2. The maximum atomic E-state index is 12.8. The van der Waals surface area contributed by atoms with Gasteiger partial charge in [-0.25, -0.2) is 0 Å². The van der Waals surface area contributed by atoms with Crippen molar-refractivity contribution >= 4 is 52.1 Å². The molecule has 0 radical (unpaired) electrons. The third-order valence-corrected chi connectivity index (χ3v) is 7.27. The molecule has 2 N–H and O–H groups in total. The molecule has 0 unspecified atom stereocenters. The molecule has 3 aromatic rings. The zero-order valence-electron chi connectivity index (χ0n) is 22.0. The lowest BCUT2D eigenvalue weighted by molar-refractivity contribution is -0.124. The zero-order valence-corrected chi connectivity index (χ0v) is 23.6. The molecule has 3 aromatic carbocycles. The summed E-state index contributed by atoms with van der Waals surface area (Å²) in [7, 11) is 0. The predicted octanol–water partition coefficient (Wildman–Crippen LogP) is 5.65. The van der Waals surface area contributed by atoms with Gasteiger partial charge in [-0.2, -0.15) is 0 Å². The van der Waals surface area contributed by atoms with E-state index >= 15 is 0 Å². The molecule has 0 atom stereocenters. The third-order valence-electron chi connectivity index (χ3n) is 5.89. The summed E-state index contributed by atoms with van der Waals surface area (Å²) in [5, 5.41) is 0. The van der Waals surface area contributed by atoms with Gasteiger partial charge in [-0.05, 0) is 60.4 Å². The second kappa shape index (κ2) is 14.3. The molecule has 4 rings (SSSR count). The molecule has 1 saturated heterocycles. The highest BCUT2D eigenvalue weighted by Crippen LogP contribution is 2.32. The van der Waals surface area contributed by atoms with Crippen molar-refractivity contribution in [3.05, 3.63) is 118 Å². The Bertz CT molecular complexity index is 1420. The van der Waals surface area contributed by atoms with E-state index in [0.29, 0.717) is 40.1 Å². The molecule has 1 aliphatic rings. The number of thiocarbonyl (C=S) groups is 1. The van der Waals surface area contributed by atoms with Gasteiger partial charge in [0.05, 0.1) is 4.91 Å². The van der Waals surface area contributed by atoms with Crippen molar-refractivity contribution in [3.63, 3.8) is 0 Å². The Morgan fingerprint density at radius 3 is 2.33 bits per heavy atom. The molecule has 0 aliphatic carbocycles. The maximum Gasteiger partial charge on any atom is 0.269 e. The molecule has 1 aliphatic heterocycles. The molecule has 0 bridgehead atoms. The van der Waals surface area contributed by atoms with E-state index < -0.39 is 5.91 Å². The highest BCUT2D eigenvalue weighted by Gasteiger charge is 2.31. The smallest absolute Gasteiger partial charge is 0.269 e. The van der Waals surface area contributed by atoms with E-state index in [-0.39, 0.29) is 18.2 Å². The van der Waals surface area contributed by atoms with E-state index in [9.17, 15) is 14.4 Å². The molecule has 0 saturated carbocycles. The van der Waals surface area contributed by atoms with Gasteiger partial charge in [0.2, 0.25) is 5.91 Å². The van der Waals surface area contributed by atoms with Gasteiger partial charge in [0, 0.05) is 18.5 Å². The number of thioether (sulfide) groups is 1. The Kier molecular flexibility index (Phi) is 10.3. The van der Waals surface area contributed by atoms with Gasteiger partial charge in [0.15, 0.2) is 0 Å². The SMILES string of the molecule is CC(=Cc1ccccc1)C=C1SC(=S)N(CCCC(=O)NNC(=O)c2ccc(OCc3ccccc3)cc2)C1=O. The Hall–Kier alpha value is -4.21. The fraction of sp³-hybridized carbons (Fsp3) is 0.161. The van der Waals surface area contributed by atoms with Crippen molar-refractivity contribution in [2.24, 2.45) is 0 Å². The lowest BCUT2D eigenvalue weighted by atomic mass is 10.1. The molecular formula is C31H29N3O4S2. The zero-order chi connectivity index (χ0) is 28.3. The standard InChI is InChI=1S/C31H29N3O4S2/c1-22(19-23-9-4-2-5-10-23)20-27-30(37)34(31(39)40-27)18-8-13-28(35)32-33-29(36)25-14-16-26(17-15-25)38-21-24-11-6-3-7-12-24/h2-7,9-12,14-17,19-20H,8,13,18,21H2,1H3,(H,32,35)(H,33,36). The van der Waals surface area contributed by atoms with Gasteiger partial charge < -0.3 is 4.74 Å². The molecule has 204 valence electrons. The highest BCUT2D eigenvalue weighted by atomic mass is 32.2. The first kappa shape index (κ1) is 28.8. The second-order valence-electron chi connectivity index (χ2n) is 9.04. The van der Waals surface area contributed by atoms with E-state index in [1.54, 1.807) is 24.3 Å². The topological polar surface area (TPSA) is 87.7 Å². The molecule has 1 heterocycles. The Morgan fingerprint density at radius 2 is 1.62 bits per heavy atom. The minimum absolute atomic E-state index is 0.121. The molecule has 0 aromatic heterocycles. The van der Waals surface area contributed by atoms with Crippen LogP contribution in [0.4, 0.5) is 0 Å².